The van der Waals surface area contributed by atoms with E-state index in [0.717, 1.165) is 31.6 Å². The van der Waals surface area contributed by atoms with Gasteiger partial charge in [0.2, 0.25) is 0 Å². The number of benzene rings is 2. The quantitative estimate of drug-likeness (QED) is 0.783. The van der Waals surface area contributed by atoms with Crippen LogP contribution in [-0.2, 0) is 12.8 Å². The van der Waals surface area contributed by atoms with Gasteiger partial charge in [0.1, 0.15) is 19.3 Å². The zero-order valence-corrected chi connectivity index (χ0v) is 12.8. The van der Waals surface area contributed by atoms with Crippen molar-refractivity contribution < 1.29 is 9.31 Å². The molecule has 1 aliphatic rings. The largest absolute Gasteiger partial charge is 0.497 e. The number of rotatable bonds is 4. The predicted octanol–water partition coefficient (Wildman–Crippen LogP) is 3.32. The summed E-state index contributed by atoms with van der Waals surface area (Å²) in [4.78, 5) is 0. The fourth-order valence-corrected chi connectivity index (χ4v) is 3.03. The van der Waals surface area contributed by atoms with Crippen LogP contribution in [0.4, 0.5) is 0 Å². The summed E-state index contributed by atoms with van der Waals surface area (Å²) >= 11 is 0. The van der Waals surface area contributed by atoms with Crippen LogP contribution in [0.1, 0.15) is 23.1 Å². The van der Waals surface area contributed by atoms with E-state index < -0.39 is 0 Å². The Labute approximate surface area is 126 Å². The number of fused-ring (bicyclic) bond motifs is 1. The van der Waals surface area contributed by atoms with Gasteiger partial charge in [0, 0.05) is 18.4 Å². The summed E-state index contributed by atoms with van der Waals surface area (Å²) in [7, 11) is 3.91. The van der Waals surface area contributed by atoms with E-state index in [0.29, 0.717) is 0 Å². The van der Waals surface area contributed by atoms with Crippen LogP contribution in [0.5, 0.6) is 5.75 Å². The minimum Gasteiger partial charge on any atom is -0.497 e. The number of ether oxygens (including phenoxy) is 1. The normalized spacial score (nSPS) is 14.0. The third kappa shape index (κ3) is 2.99. The second-order valence-corrected chi connectivity index (χ2v) is 5.62. The lowest BCUT2D eigenvalue weighted by molar-refractivity contribution is -0.499. The van der Waals surface area contributed by atoms with E-state index in [9.17, 15) is 0 Å². The molecule has 0 radical (unpaired) electrons. The van der Waals surface area contributed by atoms with Crippen LogP contribution in [0.3, 0.4) is 0 Å². The molecule has 0 aromatic heterocycles. The Balaban J connectivity index is 1.77. The van der Waals surface area contributed by atoms with Crippen molar-refractivity contribution in [3.05, 3.63) is 65.2 Å². The van der Waals surface area contributed by atoms with Crippen LogP contribution >= 0.6 is 0 Å². The molecular formula is C19H22NO+. The third-order valence-corrected chi connectivity index (χ3v) is 4.32. The van der Waals surface area contributed by atoms with Crippen LogP contribution < -0.4 is 4.74 Å². The number of methoxy groups -OCH3 is 1. The van der Waals surface area contributed by atoms with Gasteiger partial charge in [0.15, 0.2) is 5.71 Å². The standard InChI is InChI=1S/C19H22NO/c1-20-14-13-16-5-3-4-6-18(16)19(20)12-9-15-7-10-17(21-2)11-8-15/h3-8,10-11H,9,12-14H2,1-2H3/q+1. The Kier molecular flexibility index (Phi) is 4.05. The molecule has 0 aliphatic carbocycles. The van der Waals surface area contributed by atoms with Crippen molar-refractivity contribution in [1.82, 2.24) is 0 Å². The highest BCUT2D eigenvalue weighted by Crippen LogP contribution is 2.19. The van der Waals surface area contributed by atoms with Crippen LogP contribution in [0, 0.1) is 0 Å². The maximum Gasteiger partial charge on any atom is 0.183 e. The van der Waals surface area contributed by atoms with Gasteiger partial charge in [-0.2, -0.15) is 0 Å². The molecule has 2 heteroatoms. The van der Waals surface area contributed by atoms with E-state index >= 15 is 0 Å². The second kappa shape index (κ2) is 6.13. The Morgan fingerprint density at radius 2 is 1.76 bits per heavy atom. The molecule has 108 valence electrons. The summed E-state index contributed by atoms with van der Waals surface area (Å²) in [5, 5.41) is 0. The molecule has 1 heterocycles. The van der Waals surface area contributed by atoms with E-state index in [1.165, 1.54) is 22.4 Å². The first-order valence-corrected chi connectivity index (χ1v) is 7.56. The highest BCUT2D eigenvalue weighted by molar-refractivity contribution is 5.98. The van der Waals surface area contributed by atoms with Gasteiger partial charge in [-0.1, -0.05) is 30.3 Å². The molecule has 2 aromatic rings. The molecule has 0 amide bonds. The topological polar surface area (TPSA) is 12.2 Å². The smallest absolute Gasteiger partial charge is 0.183 e. The van der Waals surface area contributed by atoms with Crippen LogP contribution in [0.2, 0.25) is 0 Å². The van der Waals surface area contributed by atoms with E-state index in [4.69, 9.17) is 4.74 Å². The van der Waals surface area contributed by atoms with Gasteiger partial charge in [-0.05, 0) is 35.7 Å². The maximum absolute atomic E-state index is 5.21. The molecule has 1 aliphatic heterocycles. The van der Waals surface area contributed by atoms with Crippen LogP contribution in [0.15, 0.2) is 48.5 Å². The summed E-state index contributed by atoms with van der Waals surface area (Å²) in [6.45, 7) is 1.12. The highest BCUT2D eigenvalue weighted by atomic mass is 16.5. The van der Waals surface area contributed by atoms with Gasteiger partial charge in [0.25, 0.3) is 0 Å². The zero-order valence-electron chi connectivity index (χ0n) is 12.8. The minimum atomic E-state index is 0.923. The maximum atomic E-state index is 5.21. The number of hydrogen-bond acceptors (Lipinski definition) is 1. The van der Waals surface area contributed by atoms with Crippen molar-refractivity contribution in [1.29, 1.82) is 0 Å². The number of hydrogen-bond donors (Lipinski definition) is 0. The molecule has 21 heavy (non-hydrogen) atoms. The Hall–Kier alpha value is -2.09. The SMILES string of the molecule is COc1ccc(CCC2=[N+](C)CCc3ccccc32)cc1. The predicted molar refractivity (Wildman–Crippen MR) is 86.6 cm³/mol. The fraction of sp³-hybridized carbons (Fsp3) is 0.316. The molecular weight excluding hydrogens is 258 g/mol. The van der Waals surface area contributed by atoms with Crippen molar-refractivity contribution >= 4 is 5.71 Å². The Bertz CT molecular complexity index is 656. The number of aryl methyl sites for hydroxylation is 1. The zero-order chi connectivity index (χ0) is 14.7. The number of nitrogens with zero attached hydrogens (tertiary/aromatic N) is 1. The Morgan fingerprint density at radius 1 is 1.00 bits per heavy atom. The van der Waals surface area contributed by atoms with Gasteiger partial charge < -0.3 is 4.74 Å². The summed E-state index contributed by atoms with van der Waals surface area (Å²) in [5.41, 5.74) is 5.74. The summed E-state index contributed by atoms with van der Waals surface area (Å²) in [6, 6.07) is 17.2. The summed E-state index contributed by atoms with van der Waals surface area (Å²) < 4.78 is 7.62. The highest BCUT2D eigenvalue weighted by Gasteiger charge is 2.22. The van der Waals surface area contributed by atoms with Crippen molar-refractivity contribution in [3.8, 4) is 5.75 Å². The van der Waals surface area contributed by atoms with Crippen LogP contribution in [-0.4, -0.2) is 31.0 Å². The first-order chi connectivity index (χ1) is 10.3. The lowest BCUT2D eigenvalue weighted by Crippen LogP contribution is -2.27. The molecule has 2 aromatic carbocycles. The molecule has 0 saturated heterocycles. The molecule has 0 spiro atoms. The Morgan fingerprint density at radius 3 is 2.52 bits per heavy atom. The molecule has 3 rings (SSSR count). The minimum absolute atomic E-state index is 0.923. The van der Waals surface area contributed by atoms with Gasteiger partial charge in [-0.3, -0.25) is 0 Å². The molecule has 0 saturated carbocycles. The monoisotopic (exact) mass is 280 g/mol. The first kappa shape index (κ1) is 13.9. The van der Waals surface area contributed by atoms with E-state index in [1.807, 2.05) is 12.1 Å². The van der Waals surface area contributed by atoms with Gasteiger partial charge in [0.05, 0.1) is 7.11 Å². The average Bonchev–Trinajstić information content (AvgIpc) is 2.54. The van der Waals surface area contributed by atoms with Crippen LogP contribution in [0.25, 0.3) is 0 Å². The van der Waals surface area contributed by atoms with Gasteiger partial charge >= 0.3 is 0 Å². The molecule has 0 N–H and O–H groups in total. The number of likely N-dealkylation sites (N-methyl/N-ethyl adjacent to an activating group) is 1. The second-order valence-electron chi connectivity index (χ2n) is 5.62. The van der Waals surface area contributed by atoms with Crippen molar-refractivity contribution in [2.45, 2.75) is 19.3 Å². The molecule has 0 bridgehead atoms. The van der Waals surface area contributed by atoms with Crippen molar-refractivity contribution in [2.24, 2.45) is 0 Å². The van der Waals surface area contributed by atoms with E-state index in [-0.39, 0.29) is 0 Å². The fourth-order valence-electron chi connectivity index (χ4n) is 3.03. The van der Waals surface area contributed by atoms with Gasteiger partial charge in [-0.15, -0.1) is 0 Å². The first-order valence-electron chi connectivity index (χ1n) is 7.56. The van der Waals surface area contributed by atoms with Crippen molar-refractivity contribution in [2.75, 3.05) is 20.7 Å². The lowest BCUT2D eigenvalue weighted by atomic mass is 9.93. The van der Waals surface area contributed by atoms with Crippen molar-refractivity contribution in [3.63, 3.8) is 0 Å². The molecule has 0 unspecified atom stereocenters. The van der Waals surface area contributed by atoms with E-state index in [2.05, 4.69) is 48.0 Å². The van der Waals surface area contributed by atoms with E-state index in [1.54, 1.807) is 7.11 Å². The van der Waals surface area contributed by atoms with Gasteiger partial charge in [-0.25, -0.2) is 4.58 Å². The molecule has 0 atom stereocenters. The summed E-state index contributed by atoms with van der Waals surface area (Å²) in [6.07, 6.45) is 3.30. The third-order valence-electron chi connectivity index (χ3n) is 4.32. The average molecular weight is 280 g/mol. The lowest BCUT2D eigenvalue weighted by Gasteiger charge is -2.16. The molecule has 2 nitrogen and oxygen atoms in total. The molecule has 0 fully saturated rings. The summed E-state index contributed by atoms with van der Waals surface area (Å²) in [5.74, 6) is 0.923.